The SMILES string of the molecule is COc1cccc(S(=O)(=O)c2cc(F)c(F)c(F)c2)c1. The summed E-state index contributed by atoms with van der Waals surface area (Å²) in [6, 6.07) is 6.26. The summed E-state index contributed by atoms with van der Waals surface area (Å²) in [5.41, 5.74) is 0. The van der Waals surface area contributed by atoms with Gasteiger partial charge in [-0.3, -0.25) is 0 Å². The van der Waals surface area contributed by atoms with Gasteiger partial charge in [-0.05, 0) is 30.3 Å². The van der Waals surface area contributed by atoms with E-state index in [0.29, 0.717) is 12.1 Å². The van der Waals surface area contributed by atoms with Crippen molar-refractivity contribution in [1.29, 1.82) is 0 Å². The molecule has 2 aromatic carbocycles. The van der Waals surface area contributed by atoms with Gasteiger partial charge in [-0.25, -0.2) is 21.6 Å². The summed E-state index contributed by atoms with van der Waals surface area (Å²) in [5, 5.41) is 0. The van der Waals surface area contributed by atoms with E-state index in [1.807, 2.05) is 0 Å². The number of halogens is 3. The quantitative estimate of drug-likeness (QED) is 0.647. The third kappa shape index (κ3) is 2.49. The number of ether oxygens (including phenoxy) is 1. The van der Waals surface area contributed by atoms with Crippen LogP contribution in [0.25, 0.3) is 0 Å². The lowest BCUT2D eigenvalue weighted by Gasteiger charge is -2.07. The van der Waals surface area contributed by atoms with Crippen LogP contribution in [0.1, 0.15) is 0 Å². The topological polar surface area (TPSA) is 43.4 Å². The van der Waals surface area contributed by atoms with Gasteiger partial charge in [0.1, 0.15) is 5.75 Å². The molecule has 0 fully saturated rings. The van der Waals surface area contributed by atoms with Gasteiger partial charge in [0.25, 0.3) is 0 Å². The predicted octanol–water partition coefficient (Wildman–Crippen LogP) is 2.95. The molecule has 0 aliphatic heterocycles. The Morgan fingerprint density at radius 3 is 2.10 bits per heavy atom. The van der Waals surface area contributed by atoms with Crippen LogP contribution in [0.4, 0.5) is 13.2 Å². The summed E-state index contributed by atoms with van der Waals surface area (Å²) in [7, 11) is -2.81. The summed E-state index contributed by atoms with van der Waals surface area (Å²) in [6.45, 7) is 0. The van der Waals surface area contributed by atoms with Crippen molar-refractivity contribution in [3.05, 3.63) is 53.8 Å². The fourth-order valence-electron chi connectivity index (χ4n) is 1.59. The largest absolute Gasteiger partial charge is 0.497 e. The van der Waals surface area contributed by atoms with Crippen molar-refractivity contribution in [2.75, 3.05) is 7.11 Å². The highest BCUT2D eigenvalue weighted by molar-refractivity contribution is 7.91. The monoisotopic (exact) mass is 302 g/mol. The Morgan fingerprint density at radius 1 is 0.950 bits per heavy atom. The normalized spacial score (nSPS) is 11.4. The van der Waals surface area contributed by atoms with Gasteiger partial charge in [0.05, 0.1) is 16.9 Å². The molecule has 0 saturated heterocycles. The van der Waals surface area contributed by atoms with Crippen LogP contribution in [-0.4, -0.2) is 15.5 Å². The number of rotatable bonds is 3. The van der Waals surface area contributed by atoms with Gasteiger partial charge in [0.2, 0.25) is 9.84 Å². The molecule has 0 amide bonds. The van der Waals surface area contributed by atoms with Crippen LogP contribution in [0.15, 0.2) is 46.2 Å². The zero-order chi connectivity index (χ0) is 14.9. The number of hydrogen-bond acceptors (Lipinski definition) is 3. The van der Waals surface area contributed by atoms with Crippen molar-refractivity contribution in [3.63, 3.8) is 0 Å². The van der Waals surface area contributed by atoms with Crippen LogP contribution in [0.5, 0.6) is 5.75 Å². The molecule has 0 aliphatic carbocycles. The minimum absolute atomic E-state index is 0.206. The van der Waals surface area contributed by atoms with Crippen LogP contribution < -0.4 is 4.74 Å². The smallest absolute Gasteiger partial charge is 0.206 e. The standard InChI is InChI=1S/C13H9F3O3S/c1-19-8-3-2-4-9(5-8)20(17,18)10-6-11(14)13(16)12(15)7-10/h2-7H,1H3. The van der Waals surface area contributed by atoms with E-state index in [-0.39, 0.29) is 10.6 Å². The summed E-state index contributed by atoms with van der Waals surface area (Å²) in [6.07, 6.45) is 0. The van der Waals surface area contributed by atoms with E-state index in [4.69, 9.17) is 4.74 Å². The Morgan fingerprint density at radius 2 is 1.55 bits per heavy atom. The molecule has 0 spiro atoms. The molecular weight excluding hydrogens is 293 g/mol. The molecule has 7 heteroatoms. The van der Waals surface area contributed by atoms with E-state index in [1.54, 1.807) is 0 Å². The van der Waals surface area contributed by atoms with Crippen molar-refractivity contribution >= 4 is 9.84 Å². The summed E-state index contributed by atoms with van der Waals surface area (Å²) in [5.74, 6) is -4.57. The third-order valence-electron chi connectivity index (χ3n) is 2.62. The molecule has 0 unspecified atom stereocenters. The molecule has 0 aliphatic rings. The minimum atomic E-state index is -4.16. The minimum Gasteiger partial charge on any atom is -0.497 e. The summed E-state index contributed by atoms with van der Waals surface area (Å²) in [4.78, 5) is -0.871. The Labute approximate surface area is 113 Å². The van der Waals surface area contributed by atoms with Gasteiger partial charge in [-0.1, -0.05) is 6.07 Å². The van der Waals surface area contributed by atoms with Crippen molar-refractivity contribution in [1.82, 2.24) is 0 Å². The average Bonchev–Trinajstić information content (AvgIpc) is 2.44. The Bertz CT molecular complexity index is 734. The maximum atomic E-state index is 13.1. The first kappa shape index (κ1) is 14.4. The average molecular weight is 302 g/mol. The van der Waals surface area contributed by atoms with Gasteiger partial charge in [-0.15, -0.1) is 0 Å². The molecule has 2 aromatic rings. The summed E-state index contributed by atoms with van der Waals surface area (Å²) >= 11 is 0. The zero-order valence-electron chi connectivity index (χ0n) is 10.2. The highest BCUT2D eigenvalue weighted by Crippen LogP contribution is 2.26. The number of sulfone groups is 1. The third-order valence-corrected chi connectivity index (χ3v) is 4.35. The predicted molar refractivity (Wildman–Crippen MR) is 64.8 cm³/mol. The van der Waals surface area contributed by atoms with Crippen LogP contribution in [0.2, 0.25) is 0 Å². The van der Waals surface area contributed by atoms with Crippen molar-refractivity contribution in [2.24, 2.45) is 0 Å². The molecule has 0 bridgehead atoms. The van der Waals surface area contributed by atoms with Gasteiger partial charge < -0.3 is 4.74 Å². The molecule has 0 aromatic heterocycles. The van der Waals surface area contributed by atoms with Crippen molar-refractivity contribution < 1.29 is 26.3 Å². The van der Waals surface area contributed by atoms with E-state index < -0.39 is 32.2 Å². The molecule has 2 rings (SSSR count). The lowest BCUT2D eigenvalue weighted by molar-refractivity contribution is 0.413. The first-order valence-corrected chi connectivity index (χ1v) is 6.88. The molecular formula is C13H9F3O3S. The van der Waals surface area contributed by atoms with Crippen molar-refractivity contribution in [2.45, 2.75) is 9.79 Å². The van der Waals surface area contributed by atoms with Crippen LogP contribution in [0.3, 0.4) is 0 Å². The second kappa shape index (κ2) is 5.16. The second-order valence-electron chi connectivity index (χ2n) is 3.88. The van der Waals surface area contributed by atoms with E-state index in [0.717, 1.165) is 0 Å². The van der Waals surface area contributed by atoms with Crippen LogP contribution in [-0.2, 0) is 9.84 Å². The lowest BCUT2D eigenvalue weighted by Crippen LogP contribution is -2.05. The number of methoxy groups -OCH3 is 1. The first-order chi connectivity index (χ1) is 9.36. The maximum Gasteiger partial charge on any atom is 0.206 e. The molecule has 0 radical (unpaired) electrons. The van der Waals surface area contributed by atoms with Gasteiger partial charge in [0.15, 0.2) is 17.5 Å². The summed E-state index contributed by atoms with van der Waals surface area (Å²) < 4.78 is 68.4. The van der Waals surface area contributed by atoms with E-state index in [1.165, 1.54) is 31.4 Å². The molecule has 0 N–H and O–H groups in total. The fourth-order valence-corrected chi connectivity index (χ4v) is 2.91. The Balaban J connectivity index is 2.60. The maximum absolute atomic E-state index is 13.1. The Kier molecular flexibility index (Phi) is 3.71. The van der Waals surface area contributed by atoms with E-state index in [9.17, 15) is 21.6 Å². The molecule has 20 heavy (non-hydrogen) atoms. The van der Waals surface area contributed by atoms with Crippen molar-refractivity contribution in [3.8, 4) is 5.75 Å². The molecule has 106 valence electrons. The van der Waals surface area contributed by atoms with Gasteiger partial charge in [0, 0.05) is 0 Å². The highest BCUT2D eigenvalue weighted by Gasteiger charge is 2.22. The molecule has 3 nitrogen and oxygen atoms in total. The van der Waals surface area contributed by atoms with Gasteiger partial charge in [-0.2, -0.15) is 0 Å². The number of hydrogen-bond donors (Lipinski definition) is 0. The highest BCUT2D eigenvalue weighted by atomic mass is 32.2. The lowest BCUT2D eigenvalue weighted by atomic mass is 10.3. The molecule has 0 heterocycles. The van der Waals surface area contributed by atoms with E-state index >= 15 is 0 Å². The molecule has 0 atom stereocenters. The van der Waals surface area contributed by atoms with Crippen LogP contribution >= 0.6 is 0 Å². The first-order valence-electron chi connectivity index (χ1n) is 5.40. The zero-order valence-corrected chi connectivity index (χ0v) is 11.0. The van der Waals surface area contributed by atoms with Gasteiger partial charge >= 0.3 is 0 Å². The van der Waals surface area contributed by atoms with E-state index in [2.05, 4.69) is 0 Å². The molecule has 0 saturated carbocycles. The second-order valence-corrected chi connectivity index (χ2v) is 5.83. The fraction of sp³-hybridized carbons (Fsp3) is 0.0769. The Hall–Kier alpha value is -2.02. The van der Waals surface area contributed by atoms with Crippen LogP contribution in [0, 0.1) is 17.5 Å². The number of benzene rings is 2.